The number of anilines is 1. The van der Waals surface area contributed by atoms with Gasteiger partial charge in [-0.1, -0.05) is 6.07 Å². The maximum absolute atomic E-state index is 12.7. The van der Waals surface area contributed by atoms with Crippen LogP contribution in [0.4, 0.5) is 5.69 Å². The number of ether oxygens (including phenoxy) is 2. The Hall–Kier alpha value is -2.54. The van der Waals surface area contributed by atoms with Gasteiger partial charge in [0.2, 0.25) is 5.91 Å². The molecule has 1 atom stereocenters. The summed E-state index contributed by atoms with van der Waals surface area (Å²) in [6, 6.07) is 8.44. The molecule has 1 aromatic heterocycles. The number of hydrogen-bond donors (Lipinski definition) is 1. The molecular weight excluding hydrogens is 352 g/mol. The van der Waals surface area contributed by atoms with Crippen LogP contribution in [0, 0.1) is 0 Å². The summed E-state index contributed by atoms with van der Waals surface area (Å²) in [7, 11) is 1.56. The third-order valence-corrected chi connectivity index (χ3v) is 5.14. The highest BCUT2D eigenvalue weighted by atomic mass is 32.1. The summed E-state index contributed by atoms with van der Waals surface area (Å²) in [5.74, 6) is 0.923. The first-order valence-electron chi connectivity index (χ1n) is 8.60. The monoisotopic (exact) mass is 374 g/mol. The molecule has 3 rings (SSSR count). The molecule has 0 aliphatic carbocycles. The second-order valence-corrected chi connectivity index (χ2v) is 6.87. The molecule has 1 aromatic carbocycles. The Morgan fingerprint density at radius 2 is 2.15 bits per heavy atom. The molecule has 6 nitrogen and oxygen atoms in total. The van der Waals surface area contributed by atoms with E-state index in [1.54, 1.807) is 36.3 Å². The lowest BCUT2D eigenvalue weighted by Gasteiger charge is -2.23. The lowest BCUT2D eigenvalue weighted by molar-refractivity contribution is -0.119. The molecule has 7 heteroatoms. The van der Waals surface area contributed by atoms with Crippen LogP contribution in [-0.4, -0.2) is 43.0 Å². The smallest absolute Gasteiger partial charge is 0.264 e. The maximum Gasteiger partial charge on any atom is 0.264 e. The summed E-state index contributed by atoms with van der Waals surface area (Å²) in [5.41, 5.74) is 0.616. The minimum Gasteiger partial charge on any atom is -0.493 e. The van der Waals surface area contributed by atoms with Gasteiger partial charge in [-0.3, -0.25) is 9.59 Å². The molecule has 1 unspecified atom stereocenters. The molecule has 0 saturated carbocycles. The quantitative estimate of drug-likeness (QED) is 0.841. The Kier molecular flexibility index (Phi) is 5.78. The Balaban J connectivity index is 1.72. The number of amides is 2. The molecule has 1 N–H and O–H groups in total. The van der Waals surface area contributed by atoms with Gasteiger partial charge >= 0.3 is 0 Å². The zero-order valence-corrected chi connectivity index (χ0v) is 15.7. The zero-order valence-electron chi connectivity index (χ0n) is 14.9. The van der Waals surface area contributed by atoms with Crippen LogP contribution in [0.15, 0.2) is 35.7 Å². The lowest BCUT2D eigenvalue weighted by Crippen LogP contribution is -2.42. The topological polar surface area (TPSA) is 67.9 Å². The molecule has 1 aliphatic heterocycles. The third kappa shape index (κ3) is 3.83. The van der Waals surface area contributed by atoms with E-state index >= 15 is 0 Å². The van der Waals surface area contributed by atoms with Crippen LogP contribution in [0.25, 0.3) is 0 Å². The van der Waals surface area contributed by atoms with Crippen molar-refractivity contribution in [1.29, 1.82) is 0 Å². The molecule has 1 fully saturated rings. The molecular formula is C19H22N2O4S. The Morgan fingerprint density at radius 1 is 1.31 bits per heavy atom. The summed E-state index contributed by atoms with van der Waals surface area (Å²) in [6.45, 7) is 3.03. The largest absolute Gasteiger partial charge is 0.493 e. The van der Waals surface area contributed by atoms with Crippen molar-refractivity contribution in [2.45, 2.75) is 25.8 Å². The van der Waals surface area contributed by atoms with Crippen molar-refractivity contribution >= 4 is 28.8 Å². The number of hydrogen-bond acceptors (Lipinski definition) is 5. The van der Waals surface area contributed by atoms with Gasteiger partial charge in [0.05, 0.1) is 18.6 Å². The Morgan fingerprint density at radius 3 is 2.85 bits per heavy atom. The number of carbonyl (C=O) groups excluding carboxylic acids is 2. The SMILES string of the molecule is CCOc1ccc(NC(=O)C2CCCN2C(=O)c2cccs2)cc1OC. The van der Waals surface area contributed by atoms with Crippen LogP contribution < -0.4 is 14.8 Å². The van der Waals surface area contributed by atoms with Crippen LogP contribution in [0.3, 0.4) is 0 Å². The minimum absolute atomic E-state index is 0.0816. The summed E-state index contributed by atoms with van der Waals surface area (Å²) in [4.78, 5) is 27.7. The van der Waals surface area contributed by atoms with E-state index < -0.39 is 6.04 Å². The number of rotatable bonds is 6. The molecule has 0 bridgehead atoms. The fourth-order valence-corrected chi connectivity index (χ4v) is 3.75. The van der Waals surface area contributed by atoms with E-state index in [0.29, 0.717) is 41.6 Å². The van der Waals surface area contributed by atoms with E-state index in [1.165, 1.54) is 11.3 Å². The Bertz CT molecular complexity index is 776. The number of likely N-dealkylation sites (tertiary alicyclic amines) is 1. The number of methoxy groups -OCH3 is 1. The van der Waals surface area contributed by atoms with Gasteiger partial charge in [0, 0.05) is 18.3 Å². The predicted molar refractivity (Wildman–Crippen MR) is 101 cm³/mol. The average Bonchev–Trinajstić information content (AvgIpc) is 3.34. The fraction of sp³-hybridized carbons (Fsp3) is 0.368. The summed E-state index contributed by atoms with van der Waals surface area (Å²) < 4.78 is 10.8. The van der Waals surface area contributed by atoms with Crippen molar-refractivity contribution in [3.63, 3.8) is 0 Å². The van der Waals surface area contributed by atoms with E-state index in [-0.39, 0.29) is 11.8 Å². The first kappa shape index (κ1) is 18.3. The molecule has 0 spiro atoms. The van der Waals surface area contributed by atoms with Crippen LogP contribution >= 0.6 is 11.3 Å². The van der Waals surface area contributed by atoms with E-state index in [1.807, 2.05) is 18.4 Å². The lowest BCUT2D eigenvalue weighted by atomic mass is 10.2. The molecule has 1 saturated heterocycles. The van der Waals surface area contributed by atoms with E-state index in [4.69, 9.17) is 9.47 Å². The van der Waals surface area contributed by atoms with Gasteiger partial charge in [-0.15, -0.1) is 11.3 Å². The Labute approximate surface area is 156 Å². The highest BCUT2D eigenvalue weighted by molar-refractivity contribution is 7.12. The molecule has 26 heavy (non-hydrogen) atoms. The summed E-state index contributed by atoms with van der Waals surface area (Å²) in [5, 5.41) is 4.76. The first-order chi connectivity index (χ1) is 12.6. The highest BCUT2D eigenvalue weighted by Crippen LogP contribution is 2.31. The van der Waals surface area contributed by atoms with Gasteiger partial charge < -0.3 is 19.7 Å². The summed E-state index contributed by atoms with van der Waals surface area (Å²) in [6.07, 6.45) is 1.49. The number of thiophene rings is 1. The average molecular weight is 374 g/mol. The van der Waals surface area contributed by atoms with E-state index in [9.17, 15) is 9.59 Å². The molecule has 0 radical (unpaired) electrons. The van der Waals surface area contributed by atoms with Gasteiger partial charge in [-0.05, 0) is 43.3 Å². The van der Waals surface area contributed by atoms with Gasteiger partial charge in [-0.25, -0.2) is 0 Å². The molecule has 2 amide bonds. The predicted octanol–water partition coefficient (Wildman–Crippen LogP) is 3.40. The number of nitrogens with one attached hydrogen (secondary N) is 1. The van der Waals surface area contributed by atoms with Crippen LogP contribution in [0.1, 0.15) is 29.4 Å². The molecule has 2 aromatic rings. The number of nitrogens with zero attached hydrogens (tertiary/aromatic N) is 1. The van der Waals surface area contributed by atoms with Crippen molar-refractivity contribution in [3.05, 3.63) is 40.6 Å². The van der Waals surface area contributed by atoms with Gasteiger partial charge in [0.1, 0.15) is 6.04 Å². The molecule has 1 aliphatic rings. The van der Waals surface area contributed by atoms with Crippen molar-refractivity contribution in [1.82, 2.24) is 4.90 Å². The molecule has 138 valence electrons. The van der Waals surface area contributed by atoms with Gasteiger partial charge in [0.25, 0.3) is 5.91 Å². The van der Waals surface area contributed by atoms with Gasteiger partial charge in [-0.2, -0.15) is 0 Å². The minimum atomic E-state index is -0.456. The normalized spacial score (nSPS) is 16.4. The first-order valence-corrected chi connectivity index (χ1v) is 9.48. The van der Waals surface area contributed by atoms with Crippen LogP contribution in [0.5, 0.6) is 11.5 Å². The maximum atomic E-state index is 12.7. The van der Waals surface area contributed by atoms with Crippen molar-refractivity contribution in [2.24, 2.45) is 0 Å². The third-order valence-electron chi connectivity index (χ3n) is 4.28. The standard InChI is InChI=1S/C19H22N2O4S/c1-3-25-15-9-8-13(12-16(15)24-2)20-18(22)14-6-4-10-21(14)19(23)17-7-5-11-26-17/h5,7-9,11-12,14H,3-4,6,10H2,1-2H3,(H,20,22). The highest BCUT2D eigenvalue weighted by Gasteiger charge is 2.35. The van der Waals surface area contributed by atoms with Crippen LogP contribution in [0.2, 0.25) is 0 Å². The summed E-state index contributed by atoms with van der Waals surface area (Å²) >= 11 is 1.39. The fourth-order valence-electron chi connectivity index (χ4n) is 3.07. The second-order valence-electron chi connectivity index (χ2n) is 5.92. The number of carbonyl (C=O) groups is 2. The van der Waals surface area contributed by atoms with E-state index in [2.05, 4.69) is 5.32 Å². The molecule has 2 heterocycles. The van der Waals surface area contributed by atoms with E-state index in [0.717, 1.165) is 6.42 Å². The van der Waals surface area contributed by atoms with Crippen molar-refractivity contribution in [3.8, 4) is 11.5 Å². The zero-order chi connectivity index (χ0) is 18.5. The van der Waals surface area contributed by atoms with Crippen LogP contribution in [-0.2, 0) is 4.79 Å². The number of benzene rings is 1. The van der Waals surface area contributed by atoms with Gasteiger partial charge in [0.15, 0.2) is 11.5 Å². The van der Waals surface area contributed by atoms with Crippen molar-refractivity contribution < 1.29 is 19.1 Å². The van der Waals surface area contributed by atoms with Crippen molar-refractivity contribution in [2.75, 3.05) is 25.6 Å². The second kappa shape index (κ2) is 8.23.